The molecule has 8 nitrogen and oxygen atoms in total. The Balaban J connectivity index is 1.24. The molecule has 9 heteroatoms. The Morgan fingerprint density at radius 2 is 1.77 bits per heavy atom. The van der Waals surface area contributed by atoms with E-state index in [0.717, 1.165) is 12.4 Å². The van der Waals surface area contributed by atoms with Gasteiger partial charge in [0.2, 0.25) is 16.8 Å². The highest BCUT2D eigenvalue weighted by Gasteiger charge is 2.30. The van der Waals surface area contributed by atoms with Crippen molar-refractivity contribution < 1.29 is 17.9 Å². The summed E-state index contributed by atoms with van der Waals surface area (Å²) in [5.74, 6) is 1.96. The van der Waals surface area contributed by atoms with E-state index in [9.17, 15) is 8.42 Å². The predicted molar refractivity (Wildman–Crippen MR) is 118 cm³/mol. The second-order valence-corrected chi connectivity index (χ2v) is 10.3. The number of nitrogens with zero attached hydrogens (tertiary/aromatic N) is 4. The van der Waals surface area contributed by atoms with E-state index in [1.54, 1.807) is 18.2 Å². The molecule has 0 unspecified atom stereocenters. The lowest BCUT2D eigenvalue weighted by molar-refractivity contribution is 0.174. The van der Waals surface area contributed by atoms with Crippen molar-refractivity contribution in [2.75, 3.05) is 49.3 Å². The standard InChI is InChI=1S/C22H28N4O4S/c1-17-4-2-3-9-26(17)18-5-8-22(23-15-18)24-10-12-25(13-11-24)31(27,28)19-6-7-20-21(14-19)30-16-29-20/h5-8,14-15,17H,2-4,9-13,16H2,1H3/t17-/m0/s1. The number of piperazine rings is 1. The molecule has 0 amide bonds. The van der Waals surface area contributed by atoms with Gasteiger partial charge in [0.15, 0.2) is 11.5 Å². The molecule has 5 rings (SSSR count). The van der Waals surface area contributed by atoms with Crippen molar-refractivity contribution in [3.05, 3.63) is 36.5 Å². The number of pyridine rings is 1. The van der Waals surface area contributed by atoms with E-state index >= 15 is 0 Å². The summed E-state index contributed by atoms with van der Waals surface area (Å²) in [7, 11) is -3.57. The van der Waals surface area contributed by atoms with Gasteiger partial charge in [0.25, 0.3) is 0 Å². The Kier molecular flexibility index (Phi) is 5.39. The largest absolute Gasteiger partial charge is 0.454 e. The molecule has 166 valence electrons. The highest BCUT2D eigenvalue weighted by molar-refractivity contribution is 7.89. The van der Waals surface area contributed by atoms with E-state index in [4.69, 9.17) is 9.47 Å². The molecule has 1 aromatic heterocycles. The van der Waals surface area contributed by atoms with Crippen LogP contribution in [0.1, 0.15) is 26.2 Å². The molecule has 0 N–H and O–H groups in total. The van der Waals surface area contributed by atoms with Gasteiger partial charge >= 0.3 is 0 Å². The molecule has 1 aromatic carbocycles. The van der Waals surface area contributed by atoms with E-state index in [1.165, 1.54) is 29.3 Å². The van der Waals surface area contributed by atoms with E-state index in [2.05, 4.69) is 33.8 Å². The number of anilines is 2. The number of benzene rings is 1. The molecular weight excluding hydrogens is 416 g/mol. The zero-order chi connectivity index (χ0) is 21.4. The van der Waals surface area contributed by atoms with Crippen LogP contribution in [0.2, 0.25) is 0 Å². The first kappa shape index (κ1) is 20.4. The van der Waals surface area contributed by atoms with Gasteiger partial charge in [-0.25, -0.2) is 13.4 Å². The summed E-state index contributed by atoms with van der Waals surface area (Å²) in [5.41, 5.74) is 1.17. The fraction of sp³-hybridized carbons (Fsp3) is 0.500. The third kappa shape index (κ3) is 3.92. The normalized spacial score (nSPS) is 22.0. The number of aromatic nitrogens is 1. The van der Waals surface area contributed by atoms with Gasteiger partial charge in [-0.3, -0.25) is 0 Å². The lowest BCUT2D eigenvalue weighted by Crippen LogP contribution is -2.48. The van der Waals surface area contributed by atoms with Gasteiger partial charge in [0, 0.05) is 44.8 Å². The summed E-state index contributed by atoms with van der Waals surface area (Å²) in [4.78, 5) is 9.50. The van der Waals surface area contributed by atoms with Crippen LogP contribution < -0.4 is 19.3 Å². The quantitative estimate of drug-likeness (QED) is 0.718. The summed E-state index contributed by atoms with van der Waals surface area (Å²) in [6, 6.07) is 9.52. The van der Waals surface area contributed by atoms with Gasteiger partial charge in [-0.05, 0) is 50.5 Å². The summed E-state index contributed by atoms with van der Waals surface area (Å²) < 4.78 is 38.3. The summed E-state index contributed by atoms with van der Waals surface area (Å²) in [6.45, 7) is 5.53. The molecule has 0 aliphatic carbocycles. The first-order valence-electron chi connectivity index (χ1n) is 10.9. The van der Waals surface area contributed by atoms with Crippen molar-refractivity contribution >= 4 is 21.5 Å². The Hall–Kier alpha value is -2.52. The number of hydrogen-bond acceptors (Lipinski definition) is 7. The highest BCUT2D eigenvalue weighted by Crippen LogP contribution is 2.35. The number of fused-ring (bicyclic) bond motifs is 1. The van der Waals surface area contributed by atoms with Crippen molar-refractivity contribution in [1.29, 1.82) is 0 Å². The highest BCUT2D eigenvalue weighted by atomic mass is 32.2. The van der Waals surface area contributed by atoms with Crippen LogP contribution in [0.25, 0.3) is 0 Å². The van der Waals surface area contributed by atoms with Crippen LogP contribution in [0.15, 0.2) is 41.4 Å². The van der Waals surface area contributed by atoms with Gasteiger partial charge in [-0.1, -0.05) is 0 Å². The summed E-state index contributed by atoms with van der Waals surface area (Å²) >= 11 is 0. The van der Waals surface area contributed by atoms with Crippen molar-refractivity contribution in [1.82, 2.24) is 9.29 Å². The monoisotopic (exact) mass is 444 g/mol. The minimum atomic E-state index is -3.57. The van der Waals surface area contributed by atoms with Crippen molar-refractivity contribution in [2.45, 2.75) is 37.1 Å². The maximum atomic E-state index is 13.1. The van der Waals surface area contributed by atoms with E-state index in [-0.39, 0.29) is 11.7 Å². The van der Waals surface area contributed by atoms with Gasteiger partial charge in [0.1, 0.15) is 5.82 Å². The van der Waals surface area contributed by atoms with Crippen LogP contribution in [0.3, 0.4) is 0 Å². The Morgan fingerprint density at radius 3 is 2.52 bits per heavy atom. The fourth-order valence-corrected chi connectivity index (χ4v) is 6.00. The van der Waals surface area contributed by atoms with Crippen LogP contribution >= 0.6 is 0 Å². The molecule has 0 radical (unpaired) electrons. The number of sulfonamides is 1. The number of hydrogen-bond donors (Lipinski definition) is 0. The van der Waals surface area contributed by atoms with Crippen molar-refractivity contribution in [3.8, 4) is 11.5 Å². The minimum Gasteiger partial charge on any atom is -0.454 e. The number of ether oxygens (including phenoxy) is 2. The molecule has 2 aromatic rings. The van der Waals surface area contributed by atoms with Crippen LogP contribution in [-0.2, 0) is 10.0 Å². The molecule has 2 fully saturated rings. The van der Waals surface area contributed by atoms with Gasteiger partial charge in [-0.15, -0.1) is 0 Å². The molecule has 0 spiro atoms. The molecule has 1 atom stereocenters. The van der Waals surface area contributed by atoms with Crippen LogP contribution in [-0.4, -0.2) is 63.3 Å². The Labute approximate surface area is 183 Å². The van der Waals surface area contributed by atoms with Crippen LogP contribution in [0, 0.1) is 0 Å². The first-order chi connectivity index (χ1) is 15.0. The van der Waals surface area contributed by atoms with Crippen LogP contribution in [0.4, 0.5) is 11.5 Å². The third-order valence-corrected chi connectivity index (χ3v) is 8.31. The molecule has 4 heterocycles. The minimum absolute atomic E-state index is 0.125. The van der Waals surface area contributed by atoms with Crippen molar-refractivity contribution in [3.63, 3.8) is 0 Å². The lowest BCUT2D eigenvalue weighted by atomic mass is 10.0. The molecular formula is C22H28N4O4S. The first-order valence-corrected chi connectivity index (χ1v) is 12.3. The Morgan fingerprint density at radius 1 is 0.968 bits per heavy atom. The fourth-order valence-electron chi connectivity index (χ4n) is 4.56. The molecule has 31 heavy (non-hydrogen) atoms. The maximum absolute atomic E-state index is 13.1. The smallest absolute Gasteiger partial charge is 0.243 e. The number of rotatable bonds is 4. The summed E-state index contributed by atoms with van der Waals surface area (Å²) in [6.07, 6.45) is 5.70. The van der Waals surface area contributed by atoms with Gasteiger partial charge < -0.3 is 19.3 Å². The molecule has 0 saturated carbocycles. The molecule has 2 saturated heterocycles. The number of piperidine rings is 1. The van der Waals surface area contributed by atoms with Gasteiger partial charge in [0.05, 0.1) is 16.8 Å². The summed E-state index contributed by atoms with van der Waals surface area (Å²) in [5, 5.41) is 0. The molecule has 3 aliphatic rings. The second kappa shape index (κ2) is 8.20. The van der Waals surface area contributed by atoms with Gasteiger partial charge in [-0.2, -0.15) is 4.31 Å². The topological polar surface area (TPSA) is 75.2 Å². The second-order valence-electron chi connectivity index (χ2n) is 8.32. The van der Waals surface area contributed by atoms with E-state index < -0.39 is 10.0 Å². The van der Waals surface area contributed by atoms with E-state index in [1.807, 2.05) is 6.20 Å². The Bertz CT molecular complexity index is 1040. The lowest BCUT2D eigenvalue weighted by Gasteiger charge is -2.36. The maximum Gasteiger partial charge on any atom is 0.243 e. The SMILES string of the molecule is C[C@H]1CCCCN1c1ccc(N2CCN(S(=O)(=O)c3ccc4c(c3)OCO4)CC2)nc1. The van der Waals surface area contributed by atoms with Crippen LogP contribution in [0.5, 0.6) is 11.5 Å². The average molecular weight is 445 g/mol. The van der Waals surface area contributed by atoms with E-state index in [0.29, 0.717) is 43.7 Å². The molecule has 3 aliphatic heterocycles. The zero-order valence-corrected chi connectivity index (χ0v) is 18.6. The third-order valence-electron chi connectivity index (χ3n) is 6.41. The predicted octanol–water partition coefficient (Wildman–Crippen LogP) is 2.70. The molecule has 0 bridgehead atoms. The average Bonchev–Trinajstić information content (AvgIpc) is 3.28. The van der Waals surface area contributed by atoms with Crippen molar-refractivity contribution in [2.24, 2.45) is 0 Å². The zero-order valence-electron chi connectivity index (χ0n) is 17.7.